The maximum absolute atomic E-state index is 13.1. The summed E-state index contributed by atoms with van der Waals surface area (Å²) in [5.41, 5.74) is 7.04. The molecule has 1 aliphatic rings. The van der Waals surface area contributed by atoms with Crippen molar-refractivity contribution in [1.29, 1.82) is 0 Å². The first-order valence-corrected chi connectivity index (χ1v) is 7.10. The second-order valence-electron chi connectivity index (χ2n) is 5.30. The smallest absolute Gasteiger partial charge is 0.239 e. The normalized spacial score (nSPS) is 22.6. The van der Waals surface area contributed by atoms with Crippen LogP contribution in [0.3, 0.4) is 0 Å². The Labute approximate surface area is 124 Å². The molecule has 0 aromatic heterocycles. The number of carbonyl (C=O) groups excluding carboxylic acids is 1. The molecule has 0 saturated carbocycles. The topological polar surface area (TPSA) is 67.6 Å². The molecular weight excluding hydrogens is 273 g/mol. The van der Waals surface area contributed by atoms with Crippen molar-refractivity contribution in [3.8, 4) is 0 Å². The molecule has 1 fully saturated rings. The third kappa shape index (κ3) is 3.58. The van der Waals surface area contributed by atoms with Crippen LogP contribution in [-0.4, -0.2) is 49.7 Å². The standard InChI is InChI=1S/C15H22FN3O2/c1-10(17)14(11-3-5-12(16)6-4-11)19-7-8-21-9-13(19)15(20)18-2/h3-6,10,13-14H,7-9,17H2,1-2H3,(H,18,20). The quantitative estimate of drug-likeness (QED) is 0.856. The number of ether oxygens (including phenoxy) is 1. The molecule has 1 aromatic carbocycles. The molecule has 1 aromatic rings. The summed E-state index contributed by atoms with van der Waals surface area (Å²) in [6, 6.07) is 5.54. The Morgan fingerprint density at radius 1 is 1.48 bits per heavy atom. The van der Waals surface area contributed by atoms with Gasteiger partial charge in [0.25, 0.3) is 0 Å². The fourth-order valence-electron chi connectivity index (χ4n) is 2.80. The average molecular weight is 295 g/mol. The molecule has 0 bridgehead atoms. The largest absolute Gasteiger partial charge is 0.378 e. The molecule has 0 spiro atoms. The van der Waals surface area contributed by atoms with E-state index in [0.717, 1.165) is 5.56 Å². The first-order chi connectivity index (χ1) is 10.0. The number of nitrogens with zero attached hydrogens (tertiary/aromatic N) is 1. The van der Waals surface area contributed by atoms with Crippen molar-refractivity contribution in [3.63, 3.8) is 0 Å². The van der Waals surface area contributed by atoms with E-state index in [9.17, 15) is 9.18 Å². The molecule has 3 N–H and O–H groups in total. The van der Waals surface area contributed by atoms with Gasteiger partial charge in [0, 0.05) is 19.6 Å². The number of hydrogen-bond acceptors (Lipinski definition) is 4. The van der Waals surface area contributed by atoms with E-state index in [-0.39, 0.29) is 29.8 Å². The molecule has 1 aliphatic heterocycles. The average Bonchev–Trinajstić information content (AvgIpc) is 2.49. The summed E-state index contributed by atoms with van der Waals surface area (Å²) in [7, 11) is 1.61. The number of nitrogens with two attached hydrogens (primary N) is 1. The van der Waals surface area contributed by atoms with Gasteiger partial charge in [0.1, 0.15) is 11.9 Å². The van der Waals surface area contributed by atoms with E-state index in [1.54, 1.807) is 19.2 Å². The van der Waals surface area contributed by atoms with Crippen LogP contribution < -0.4 is 11.1 Å². The van der Waals surface area contributed by atoms with Crippen LogP contribution in [0.2, 0.25) is 0 Å². The summed E-state index contributed by atoms with van der Waals surface area (Å²) in [6.45, 7) is 3.40. The predicted octanol–water partition coefficient (Wildman–Crippen LogP) is 0.661. The van der Waals surface area contributed by atoms with Crippen molar-refractivity contribution in [2.45, 2.75) is 25.0 Å². The van der Waals surface area contributed by atoms with Crippen molar-refractivity contribution in [2.75, 3.05) is 26.8 Å². The summed E-state index contributed by atoms with van der Waals surface area (Å²) < 4.78 is 18.5. The molecule has 3 unspecified atom stereocenters. The minimum absolute atomic E-state index is 0.0949. The molecule has 2 rings (SSSR count). The van der Waals surface area contributed by atoms with Crippen LogP contribution in [0.15, 0.2) is 24.3 Å². The number of hydrogen-bond donors (Lipinski definition) is 2. The van der Waals surface area contributed by atoms with E-state index >= 15 is 0 Å². The predicted molar refractivity (Wildman–Crippen MR) is 78.2 cm³/mol. The number of nitrogens with one attached hydrogen (secondary N) is 1. The van der Waals surface area contributed by atoms with Crippen LogP contribution in [0.1, 0.15) is 18.5 Å². The Morgan fingerprint density at radius 3 is 2.71 bits per heavy atom. The zero-order valence-corrected chi connectivity index (χ0v) is 12.4. The highest BCUT2D eigenvalue weighted by Gasteiger charge is 2.36. The van der Waals surface area contributed by atoms with Gasteiger partial charge in [-0.3, -0.25) is 9.69 Å². The zero-order valence-electron chi connectivity index (χ0n) is 12.4. The van der Waals surface area contributed by atoms with Crippen LogP contribution >= 0.6 is 0 Å². The third-order valence-electron chi connectivity index (χ3n) is 3.79. The lowest BCUT2D eigenvalue weighted by Gasteiger charge is -2.41. The first-order valence-electron chi connectivity index (χ1n) is 7.10. The number of amides is 1. The van der Waals surface area contributed by atoms with Gasteiger partial charge in [-0.25, -0.2) is 4.39 Å². The van der Waals surface area contributed by atoms with Crippen LogP contribution in [0, 0.1) is 5.82 Å². The second kappa shape index (κ2) is 6.98. The summed E-state index contributed by atoms with van der Waals surface area (Å²) >= 11 is 0. The van der Waals surface area contributed by atoms with Crippen molar-refractivity contribution < 1.29 is 13.9 Å². The van der Waals surface area contributed by atoms with Crippen molar-refractivity contribution in [1.82, 2.24) is 10.2 Å². The second-order valence-corrected chi connectivity index (χ2v) is 5.30. The summed E-state index contributed by atoms with van der Waals surface area (Å²) in [6.07, 6.45) is 0. The Bertz CT molecular complexity index is 478. The lowest BCUT2D eigenvalue weighted by Crippen LogP contribution is -2.56. The number of rotatable bonds is 4. The fourth-order valence-corrected chi connectivity index (χ4v) is 2.80. The van der Waals surface area contributed by atoms with E-state index in [1.165, 1.54) is 12.1 Å². The SMILES string of the molecule is CNC(=O)C1COCCN1C(c1ccc(F)cc1)C(C)N. The molecule has 116 valence electrons. The lowest BCUT2D eigenvalue weighted by atomic mass is 9.96. The number of benzene rings is 1. The number of morpholine rings is 1. The maximum Gasteiger partial charge on any atom is 0.239 e. The Morgan fingerprint density at radius 2 is 2.14 bits per heavy atom. The van der Waals surface area contributed by atoms with Crippen molar-refractivity contribution in [2.24, 2.45) is 5.73 Å². The minimum atomic E-state index is -0.384. The van der Waals surface area contributed by atoms with E-state index < -0.39 is 0 Å². The molecule has 0 aliphatic carbocycles. The minimum Gasteiger partial charge on any atom is -0.378 e. The Balaban J connectivity index is 2.31. The van der Waals surface area contributed by atoms with Crippen LogP contribution in [-0.2, 0) is 9.53 Å². The Kier molecular flexibility index (Phi) is 5.27. The summed E-state index contributed by atoms with van der Waals surface area (Å²) in [5, 5.41) is 2.66. The highest BCUT2D eigenvalue weighted by molar-refractivity contribution is 5.81. The summed E-state index contributed by atoms with van der Waals surface area (Å²) in [4.78, 5) is 14.1. The number of carbonyl (C=O) groups is 1. The van der Waals surface area contributed by atoms with Gasteiger partial charge in [-0.2, -0.15) is 0 Å². The maximum atomic E-state index is 13.1. The van der Waals surface area contributed by atoms with E-state index in [4.69, 9.17) is 10.5 Å². The number of halogens is 1. The van der Waals surface area contributed by atoms with Gasteiger partial charge in [0.2, 0.25) is 5.91 Å². The molecule has 5 nitrogen and oxygen atoms in total. The van der Waals surface area contributed by atoms with E-state index in [1.807, 2.05) is 11.8 Å². The van der Waals surface area contributed by atoms with Crippen LogP contribution in [0.4, 0.5) is 4.39 Å². The molecule has 1 heterocycles. The van der Waals surface area contributed by atoms with Crippen molar-refractivity contribution in [3.05, 3.63) is 35.6 Å². The van der Waals surface area contributed by atoms with E-state index in [2.05, 4.69) is 5.32 Å². The molecule has 1 amide bonds. The zero-order chi connectivity index (χ0) is 15.4. The van der Waals surface area contributed by atoms with Gasteiger partial charge in [-0.15, -0.1) is 0 Å². The number of likely N-dealkylation sites (N-methyl/N-ethyl adjacent to an activating group) is 1. The van der Waals surface area contributed by atoms with Gasteiger partial charge in [-0.05, 0) is 24.6 Å². The molecule has 1 saturated heterocycles. The van der Waals surface area contributed by atoms with Gasteiger partial charge >= 0.3 is 0 Å². The monoisotopic (exact) mass is 295 g/mol. The highest BCUT2D eigenvalue weighted by atomic mass is 19.1. The molecule has 21 heavy (non-hydrogen) atoms. The first kappa shape index (κ1) is 15.9. The van der Waals surface area contributed by atoms with Gasteiger partial charge < -0.3 is 15.8 Å². The van der Waals surface area contributed by atoms with E-state index in [0.29, 0.717) is 19.8 Å². The van der Waals surface area contributed by atoms with Gasteiger partial charge in [-0.1, -0.05) is 12.1 Å². The molecule has 3 atom stereocenters. The molecular formula is C15H22FN3O2. The summed E-state index contributed by atoms with van der Waals surface area (Å²) in [5.74, 6) is -0.380. The third-order valence-corrected chi connectivity index (χ3v) is 3.79. The highest BCUT2D eigenvalue weighted by Crippen LogP contribution is 2.27. The van der Waals surface area contributed by atoms with Gasteiger partial charge in [0.15, 0.2) is 0 Å². The van der Waals surface area contributed by atoms with Crippen LogP contribution in [0.25, 0.3) is 0 Å². The fraction of sp³-hybridized carbons (Fsp3) is 0.533. The van der Waals surface area contributed by atoms with Crippen LogP contribution in [0.5, 0.6) is 0 Å². The van der Waals surface area contributed by atoms with Crippen molar-refractivity contribution >= 4 is 5.91 Å². The lowest BCUT2D eigenvalue weighted by molar-refractivity contribution is -0.134. The van der Waals surface area contributed by atoms with Gasteiger partial charge in [0.05, 0.1) is 19.3 Å². The Hall–Kier alpha value is -1.50. The molecule has 6 heteroatoms. The molecule has 0 radical (unpaired) electrons.